The Hall–Kier alpha value is -0.940. The normalized spacial score (nSPS) is 11.5. The predicted octanol–water partition coefficient (Wildman–Crippen LogP) is 1.10. The highest BCUT2D eigenvalue weighted by atomic mass is 32.1. The standard InChI is InChI=1S/C11H19N3OS/c1-4-10-14-8(6-16-10)5-9(15)13-7-11(2,3)12/h6H,4-5,7,12H2,1-3H3,(H,13,15). The van der Waals surface area contributed by atoms with Gasteiger partial charge in [0.1, 0.15) is 0 Å². The second kappa shape index (κ2) is 5.41. The Morgan fingerprint density at radius 2 is 2.31 bits per heavy atom. The van der Waals surface area contributed by atoms with Crippen LogP contribution in [0, 0.1) is 0 Å². The van der Waals surface area contributed by atoms with E-state index in [1.165, 1.54) is 0 Å². The molecule has 0 fully saturated rings. The van der Waals surface area contributed by atoms with Gasteiger partial charge in [0, 0.05) is 17.5 Å². The van der Waals surface area contributed by atoms with E-state index in [0.717, 1.165) is 17.1 Å². The third-order valence-corrected chi connectivity index (χ3v) is 3.03. The molecule has 16 heavy (non-hydrogen) atoms. The lowest BCUT2D eigenvalue weighted by molar-refractivity contribution is -0.120. The summed E-state index contributed by atoms with van der Waals surface area (Å²) in [5.41, 5.74) is 6.25. The maximum Gasteiger partial charge on any atom is 0.226 e. The summed E-state index contributed by atoms with van der Waals surface area (Å²) in [7, 11) is 0. The number of nitrogens with zero attached hydrogens (tertiary/aromatic N) is 1. The third kappa shape index (κ3) is 4.72. The van der Waals surface area contributed by atoms with Gasteiger partial charge in [-0.05, 0) is 20.3 Å². The topological polar surface area (TPSA) is 68.0 Å². The van der Waals surface area contributed by atoms with Crippen molar-refractivity contribution in [2.24, 2.45) is 5.73 Å². The molecular weight excluding hydrogens is 222 g/mol. The van der Waals surface area contributed by atoms with Crippen molar-refractivity contribution < 1.29 is 4.79 Å². The summed E-state index contributed by atoms with van der Waals surface area (Å²) >= 11 is 1.60. The van der Waals surface area contributed by atoms with Gasteiger partial charge in [-0.15, -0.1) is 11.3 Å². The first-order chi connectivity index (χ1) is 7.40. The van der Waals surface area contributed by atoms with E-state index in [4.69, 9.17) is 5.73 Å². The molecule has 90 valence electrons. The van der Waals surface area contributed by atoms with Gasteiger partial charge in [0.2, 0.25) is 5.91 Å². The summed E-state index contributed by atoms with van der Waals surface area (Å²) in [5, 5.41) is 5.81. The second-order valence-electron chi connectivity index (χ2n) is 4.53. The molecule has 4 nitrogen and oxygen atoms in total. The van der Waals surface area contributed by atoms with Gasteiger partial charge in [-0.25, -0.2) is 4.98 Å². The van der Waals surface area contributed by atoms with Gasteiger partial charge in [0.15, 0.2) is 0 Å². The SMILES string of the molecule is CCc1nc(CC(=O)NCC(C)(C)N)cs1. The zero-order chi connectivity index (χ0) is 12.2. The zero-order valence-electron chi connectivity index (χ0n) is 10.0. The highest BCUT2D eigenvalue weighted by Crippen LogP contribution is 2.10. The van der Waals surface area contributed by atoms with Gasteiger partial charge in [-0.2, -0.15) is 0 Å². The molecule has 3 N–H and O–H groups in total. The fraction of sp³-hybridized carbons (Fsp3) is 0.636. The van der Waals surface area contributed by atoms with Crippen LogP contribution in [0.2, 0.25) is 0 Å². The smallest absolute Gasteiger partial charge is 0.226 e. The van der Waals surface area contributed by atoms with Gasteiger partial charge < -0.3 is 11.1 Å². The van der Waals surface area contributed by atoms with Crippen molar-refractivity contribution in [1.82, 2.24) is 10.3 Å². The van der Waals surface area contributed by atoms with Gasteiger partial charge in [0.25, 0.3) is 0 Å². The molecule has 0 radical (unpaired) electrons. The molecule has 1 rings (SSSR count). The molecular formula is C11H19N3OS. The Kier molecular flexibility index (Phi) is 4.44. The minimum Gasteiger partial charge on any atom is -0.354 e. The van der Waals surface area contributed by atoms with E-state index in [1.807, 2.05) is 19.2 Å². The van der Waals surface area contributed by atoms with Crippen molar-refractivity contribution in [3.8, 4) is 0 Å². The number of nitrogens with one attached hydrogen (secondary N) is 1. The van der Waals surface area contributed by atoms with Gasteiger partial charge in [0.05, 0.1) is 17.1 Å². The van der Waals surface area contributed by atoms with Crippen LogP contribution in [0.5, 0.6) is 0 Å². The van der Waals surface area contributed by atoms with Crippen molar-refractivity contribution >= 4 is 17.2 Å². The molecule has 0 aliphatic rings. The van der Waals surface area contributed by atoms with Crippen LogP contribution >= 0.6 is 11.3 Å². The largest absolute Gasteiger partial charge is 0.354 e. The molecule has 0 aliphatic heterocycles. The van der Waals surface area contributed by atoms with E-state index < -0.39 is 0 Å². The van der Waals surface area contributed by atoms with E-state index in [1.54, 1.807) is 11.3 Å². The second-order valence-corrected chi connectivity index (χ2v) is 5.47. The number of hydrogen-bond acceptors (Lipinski definition) is 4. The highest BCUT2D eigenvalue weighted by Gasteiger charge is 2.13. The first kappa shape index (κ1) is 13.1. The monoisotopic (exact) mass is 241 g/mol. The molecule has 0 saturated heterocycles. The van der Waals surface area contributed by atoms with E-state index in [9.17, 15) is 4.79 Å². The number of carbonyl (C=O) groups excluding carboxylic acids is 1. The molecule has 0 aromatic carbocycles. The zero-order valence-corrected chi connectivity index (χ0v) is 10.9. The number of hydrogen-bond donors (Lipinski definition) is 2. The van der Waals surface area contributed by atoms with Crippen LogP contribution in [0.25, 0.3) is 0 Å². The Balaban J connectivity index is 2.40. The Morgan fingerprint density at radius 1 is 1.62 bits per heavy atom. The fourth-order valence-electron chi connectivity index (χ4n) is 1.15. The van der Waals surface area contributed by atoms with Crippen molar-refractivity contribution in [2.75, 3.05) is 6.54 Å². The van der Waals surface area contributed by atoms with Gasteiger partial charge in [-0.3, -0.25) is 4.79 Å². The summed E-state index contributed by atoms with van der Waals surface area (Å²) in [6.07, 6.45) is 1.26. The van der Waals surface area contributed by atoms with E-state index in [-0.39, 0.29) is 11.4 Å². The minimum absolute atomic E-state index is 0.0218. The quantitative estimate of drug-likeness (QED) is 0.811. The van der Waals surface area contributed by atoms with Crippen molar-refractivity contribution in [2.45, 2.75) is 39.2 Å². The van der Waals surface area contributed by atoms with Crippen LogP contribution in [-0.2, 0) is 17.6 Å². The summed E-state index contributed by atoms with van der Waals surface area (Å²) in [5.74, 6) is -0.0218. The number of rotatable bonds is 5. The lowest BCUT2D eigenvalue weighted by Gasteiger charge is -2.18. The van der Waals surface area contributed by atoms with Crippen LogP contribution in [0.3, 0.4) is 0 Å². The summed E-state index contributed by atoms with van der Waals surface area (Å²) in [6, 6.07) is 0. The van der Waals surface area contributed by atoms with E-state index in [2.05, 4.69) is 17.2 Å². The van der Waals surface area contributed by atoms with Crippen LogP contribution in [0.1, 0.15) is 31.5 Å². The van der Waals surface area contributed by atoms with Gasteiger partial charge >= 0.3 is 0 Å². The third-order valence-electron chi connectivity index (χ3n) is 1.98. The van der Waals surface area contributed by atoms with Crippen LogP contribution in [-0.4, -0.2) is 23.0 Å². The summed E-state index contributed by atoms with van der Waals surface area (Å²) < 4.78 is 0. The summed E-state index contributed by atoms with van der Waals surface area (Å²) in [4.78, 5) is 15.9. The Morgan fingerprint density at radius 3 is 2.81 bits per heavy atom. The maximum absolute atomic E-state index is 11.6. The van der Waals surface area contributed by atoms with Gasteiger partial charge in [-0.1, -0.05) is 6.92 Å². The molecule has 5 heteroatoms. The molecule has 1 amide bonds. The molecule has 0 saturated carbocycles. The number of aryl methyl sites for hydroxylation is 1. The average molecular weight is 241 g/mol. The maximum atomic E-state index is 11.6. The first-order valence-electron chi connectivity index (χ1n) is 5.39. The van der Waals surface area contributed by atoms with Crippen molar-refractivity contribution in [3.05, 3.63) is 16.1 Å². The molecule has 1 aromatic heterocycles. The Labute approximate surface area is 100 Å². The van der Waals surface area contributed by atoms with Crippen molar-refractivity contribution in [3.63, 3.8) is 0 Å². The molecule has 1 heterocycles. The molecule has 0 aliphatic carbocycles. The van der Waals surface area contributed by atoms with Crippen LogP contribution < -0.4 is 11.1 Å². The number of amides is 1. The molecule has 0 bridgehead atoms. The lowest BCUT2D eigenvalue weighted by atomic mass is 10.1. The Bertz CT molecular complexity index is 354. The predicted molar refractivity (Wildman–Crippen MR) is 66.5 cm³/mol. The number of carbonyl (C=O) groups is 1. The summed E-state index contributed by atoms with van der Waals surface area (Å²) in [6.45, 7) is 6.30. The number of aromatic nitrogens is 1. The van der Waals surface area contributed by atoms with E-state index >= 15 is 0 Å². The highest BCUT2D eigenvalue weighted by molar-refractivity contribution is 7.09. The van der Waals surface area contributed by atoms with E-state index in [0.29, 0.717) is 13.0 Å². The molecule has 0 unspecified atom stereocenters. The number of thiazole rings is 1. The van der Waals surface area contributed by atoms with Crippen molar-refractivity contribution in [1.29, 1.82) is 0 Å². The minimum atomic E-state index is -0.369. The average Bonchev–Trinajstić information content (AvgIpc) is 2.61. The first-order valence-corrected chi connectivity index (χ1v) is 6.27. The number of nitrogens with two attached hydrogens (primary N) is 1. The molecule has 0 spiro atoms. The van der Waals surface area contributed by atoms with Crippen LogP contribution in [0.4, 0.5) is 0 Å². The fourth-order valence-corrected chi connectivity index (χ4v) is 1.89. The molecule has 1 aromatic rings. The lowest BCUT2D eigenvalue weighted by Crippen LogP contribution is -2.45. The van der Waals surface area contributed by atoms with Crippen LogP contribution in [0.15, 0.2) is 5.38 Å². The molecule has 0 atom stereocenters.